The summed E-state index contributed by atoms with van der Waals surface area (Å²) in [5, 5.41) is 12.9. The minimum Gasteiger partial charge on any atom is -0.489 e. The predicted octanol–water partition coefficient (Wildman–Crippen LogP) is 2.93. The second kappa shape index (κ2) is 8.66. The van der Waals surface area contributed by atoms with Crippen molar-refractivity contribution in [2.45, 2.75) is 20.5 Å². The van der Waals surface area contributed by atoms with Gasteiger partial charge in [0, 0.05) is 12.5 Å². The second-order valence-electron chi connectivity index (χ2n) is 5.39. The Balaban J connectivity index is 2.22. The van der Waals surface area contributed by atoms with Crippen LogP contribution in [0.2, 0.25) is 0 Å². The van der Waals surface area contributed by atoms with E-state index < -0.39 is 11.9 Å². The van der Waals surface area contributed by atoms with E-state index in [0.29, 0.717) is 22.6 Å². The van der Waals surface area contributed by atoms with Gasteiger partial charge in [0.2, 0.25) is 0 Å². The number of hydrogen-bond donors (Lipinski definition) is 1. The van der Waals surface area contributed by atoms with E-state index >= 15 is 0 Å². The molecule has 0 bridgehead atoms. The van der Waals surface area contributed by atoms with Crippen LogP contribution in [-0.4, -0.2) is 29.9 Å². The van der Waals surface area contributed by atoms with Crippen molar-refractivity contribution in [3.63, 3.8) is 0 Å². The second-order valence-corrected chi connectivity index (χ2v) is 5.39. The van der Waals surface area contributed by atoms with Crippen LogP contribution in [0, 0.1) is 6.92 Å². The smallest absolute Gasteiger partial charge is 0.358 e. The summed E-state index contributed by atoms with van der Waals surface area (Å²) in [5.41, 5.74) is 1.64. The van der Waals surface area contributed by atoms with E-state index in [1.807, 2.05) is 6.92 Å². The molecule has 0 saturated heterocycles. The number of ether oxygens (including phenoxy) is 2. The largest absolute Gasteiger partial charge is 0.489 e. The first-order valence-corrected chi connectivity index (χ1v) is 7.77. The number of carbonyl (C=O) groups is 2. The van der Waals surface area contributed by atoms with E-state index in [-0.39, 0.29) is 12.3 Å². The molecule has 7 nitrogen and oxygen atoms in total. The molecule has 1 N–H and O–H groups in total. The summed E-state index contributed by atoms with van der Waals surface area (Å²) in [4.78, 5) is 27.0. The number of benzene rings is 2. The number of aliphatic carboxylic acids is 1. The van der Waals surface area contributed by atoms with E-state index in [1.165, 1.54) is 14.0 Å². The van der Waals surface area contributed by atoms with Crippen molar-refractivity contribution in [1.29, 1.82) is 0 Å². The van der Waals surface area contributed by atoms with Crippen LogP contribution in [0.1, 0.15) is 23.6 Å². The minimum absolute atomic E-state index is 0.139. The Morgan fingerprint density at radius 2 is 1.88 bits per heavy atom. The Morgan fingerprint density at radius 3 is 2.50 bits per heavy atom. The number of oxime groups is 1. The summed E-state index contributed by atoms with van der Waals surface area (Å²) >= 11 is 0. The van der Waals surface area contributed by atoms with Gasteiger partial charge in [-0.3, -0.25) is 4.79 Å². The van der Waals surface area contributed by atoms with E-state index in [4.69, 9.17) is 9.47 Å². The highest BCUT2D eigenvalue weighted by Gasteiger charge is 2.17. The van der Waals surface area contributed by atoms with Crippen LogP contribution in [0.3, 0.4) is 0 Å². The SMILES string of the molecule is CON=C(C(=O)O)c1ccccc1COc1ccc(OC(C)=O)cc1C. The number of hydrogen-bond acceptors (Lipinski definition) is 6. The highest BCUT2D eigenvalue weighted by molar-refractivity contribution is 6.42. The van der Waals surface area contributed by atoms with Gasteiger partial charge in [-0.2, -0.15) is 0 Å². The zero-order valence-electron chi connectivity index (χ0n) is 14.7. The molecular formula is C19H19NO6. The van der Waals surface area contributed by atoms with Crippen molar-refractivity contribution < 1.29 is 29.0 Å². The number of carboxylic acids is 1. The number of rotatable bonds is 7. The molecule has 0 unspecified atom stereocenters. The van der Waals surface area contributed by atoms with E-state index in [1.54, 1.807) is 42.5 Å². The van der Waals surface area contributed by atoms with Gasteiger partial charge < -0.3 is 19.4 Å². The summed E-state index contributed by atoms with van der Waals surface area (Å²) < 4.78 is 10.8. The lowest BCUT2D eigenvalue weighted by atomic mass is 10.0. The van der Waals surface area contributed by atoms with Crippen molar-refractivity contribution in [3.05, 3.63) is 59.2 Å². The molecule has 0 heterocycles. The lowest BCUT2D eigenvalue weighted by molar-refractivity contribution is -0.132. The highest BCUT2D eigenvalue weighted by Crippen LogP contribution is 2.25. The van der Waals surface area contributed by atoms with Crippen molar-refractivity contribution >= 4 is 17.7 Å². The maximum atomic E-state index is 11.4. The van der Waals surface area contributed by atoms with Gasteiger partial charge in [0.15, 0.2) is 5.71 Å². The standard InChI is InChI=1S/C19H19NO6/c1-12-10-15(26-13(2)21)8-9-17(12)25-11-14-6-4-5-7-16(14)18(19(22)23)20-24-3/h4-10H,11H2,1-3H3,(H,22,23). The first-order valence-electron chi connectivity index (χ1n) is 7.77. The summed E-state index contributed by atoms with van der Waals surface area (Å²) in [6.07, 6.45) is 0. The summed E-state index contributed by atoms with van der Waals surface area (Å²) in [6, 6.07) is 11.9. The van der Waals surface area contributed by atoms with Gasteiger partial charge >= 0.3 is 11.9 Å². The van der Waals surface area contributed by atoms with E-state index in [0.717, 1.165) is 5.56 Å². The van der Waals surface area contributed by atoms with Crippen molar-refractivity contribution in [2.75, 3.05) is 7.11 Å². The molecule has 0 saturated carbocycles. The van der Waals surface area contributed by atoms with Crippen molar-refractivity contribution in [3.8, 4) is 11.5 Å². The van der Waals surface area contributed by atoms with Crippen LogP contribution in [0.15, 0.2) is 47.6 Å². The molecule has 26 heavy (non-hydrogen) atoms. The molecule has 0 aliphatic carbocycles. The van der Waals surface area contributed by atoms with Gasteiger partial charge in [-0.15, -0.1) is 0 Å². The molecule has 2 aromatic carbocycles. The van der Waals surface area contributed by atoms with Gasteiger partial charge in [-0.25, -0.2) is 4.79 Å². The first-order chi connectivity index (χ1) is 12.4. The molecule has 7 heteroatoms. The van der Waals surface area contributed by atoms with Crippen LogP contribution < -0.4 is 9.47 Å². The topological polar surface area (TPSA) is 94.4 Å². The van der Waals surface area contributed by atoms with E-state index in [2.05, 4.69) is 9.99 Å². The molecule has 136 valence electrons. The quantitative estimate of drug-likeness (QED) is 0.354. The average Bonchev–Trinajstić information content (AvgIpc) is 2.58. The highest BCUT2D eigenvalue weighted by atomic mass is 16.6. The molecule has 0 aliphatic rings. The lowest BCUT2D eigenvalue weighted by Crippen LogP contribution is -2.17. The van der Waals surface area contributed by atoms with Crippen LogP contribution in [0.25, 0.3) is 0 Å². The van der Waals surface area contributed by atoms with Crippen LogP contribution >= 0.6 is 0 Å². The molecule has 0 aromatic heterocycles. The van der Waals surface area contributed by atoms with Crippen LogP contribution in [0.4, 0.5) is 0 Å². The normalized spacial score (nSPS) is 11.0. The number of nitrogens with zero attached hydrogens (tertiary/aromatic N) is 1. The number of aryl methyl sites for hydroxylation is 1. The molecule has 0 amide bonds. The maximum absolute atomic E-state index is 11.4. The van der Waals surface area contributed by atoms with Crippen LogP contribution in [-0.2, 0) is 21.0 Å². The van der Waals surface area contributed by atoms with Crippen molar-refractivity contribution in [2.24, 2.45) is 5.16 Å². The monoisotopic (exact) mass is 357 g/mol. The Labute approximate surface area is 150 Å². The van der Waals surface area contributed by atoms with Gasteiger partial charge in [0.25, 0.3) is 0 Å². The first kappa shape index (κ1) is 19.0. The zero-order valence-corrected chi connectivity index (χ0v) is 14.7. The summed E-state index contributed by atoms with van der Waals surface area (Å²) in [6.45, 7) is 3.29. The molecule has 0 spiro atoms. The number of carboxylic acid groups (broad SMARTS) is 1. The third-order valence-electron chi connectivity index (χ3n) is 3.45. The molecule has 0 fully saturated rings. The average molecular weight is 357 g/mol. The number of carbonyl (C=O) groups excluding carboxylic acids is 1. The molecule has 2 aromatic rings. The Bertz CT molecular complexity index is 844. The molecule has 0 atom stereocenters. The Morgan fingerprint density at radius 1 is 1.15 bits per heavy atom. The Kier molecular flexibility index (Phi) is 6.32. The fourth-order valence-corrected chi connectivity index (χ4v) is 2.34. The van der Waals surface area contributed by atoms with Crippen molar-refractivity contribution in [1.82, 2.24) is 0 Å². The minimum atomic E-state index is -1.19. The molecule has 0 aliphatic heterocycles. The van der Waals surface area contributed by atoms with Gasteiger partial charge in [0.1, 0.15) is 25.2 Å². The molecular weight excluding hydrogens is 338 g/mol. The third kappa shape index (κ3) is 4.83. The molecule has 2 rings (SSSR count). The lowest BCUT2D eigenvalue weighted by Gasteiger charge is -2.13. The van der Waals surface area contributed by atoms with E-state index in [9.17, 15) is 14.7 Å². The predicted molar refractivity (Wildman–Crippen MR) is 94.4 cm³/mol. The fourth-order valence-electron chi connectivity index (χ4n) is 2.34. The summed E-state index contributed by atoms with van der Waals surface area (Å²) in [5.74, 6) is -0.564. The van der Waals surface area contributed by atoms with Gasteiger partial charge in [-0.05, 0) is 36.2 Å². The van der Waals surface area contributed by atoms with Gasteiger partial charge in [0.05, 0.1) is 0 Å². The van der Waals surface area contributed by atoms with Crippen LogP contribution in [0.5, 0.6) is 11.5 Å². The summed E-state index contributed by atoms with van der Waals surface area (Å²) in [7, 11) is 1.29. The maximum Gasteiger partial charge on any atom is 0.358 e. The Hall–Kier alpha value is -3.35. The third-order valence-corrected chi connectivity index (χ3v) is 3.45. The fraction of sp³-hybridized carbons (Fsp3) is 0.211. The number of esters is 1. The molecule has 0 radical (unpaired) electrons. The van der Waals surface area contributed by atoms with Gasteiger partial charge in [-0.1, -0.05) is 29.4 Å². The zero-order chi connectivity index (χ0) is 19.1.